The zero-order chi connectivity index (χ0) is 14.0. The second-order valence-electron chi connectivity index (χ2n) is 4.43. The summed E-state index contributed by atoms with van der Waals surface area (Å²) in [6, 6.07) is 0. The van der Waals surface area contributed by atoms with E-state index in [0.717, 1.165) is 0 Å². The first-order valence-corrected chi connectivity index (χ1v) is 5.42. The molecule has 0 aliphatic carbocycles. The highest BCUT2D eigenvalue weighted by Crippen LogP contribution is 2.37. The fourth-order valence-electron chi connectivity index (χ4n) is 2.09. The Balaban J connectivity index is 2.67. The molecular weight excluding hydrogens is 251 g/mol. The summed E-state index contributed by atoms with van der Waals surface area (Å²) in [7, 11) is 0. The molecule has 1 aliphatic rings. The number of carboxylic acids is 1. The Morgan fingerprint density at radius 1 is 1.33 bits per heavy atom. The van der Waals surface area contributed by atoms with Gasteiger partial charge in [-0.25, -0.2) is 0 Å². The van der Waals surface area contributed by atoms with Gasteiger partial charge in [0.15, 0.2) is 0 Å². The molecular formula is C11H14F3NO3. The molecule has 0 unspecified atom stereocenters. The predicted octanol–water partition coefficient (Wildman–Crippen LogP) is 1.82. The lowest BCUT2D eigenvalue weighted by molar-refractivity contribution is -0.187. The summed E-state index contributed by atoms with van der Waals surface area (Å²) in [6.07, 6.45) is -3.21. The van der Waals surface area contributed by atoms with Crippen LogP contribution in [0.3, 0.4) is 0 Å². The van der Waals surface area contributed by atoms with Crippen LogP contribution in [0.5, 0.6) is 0 Å². The van der Waals surface area contributed by atoms with Gasteiger partial charge in [0.1, 0.15) is 0 Å². The molecule has 0 spiro atoms. The van der Waals surface area contributed by atoms with Crippen molar-refractivity contribution in [2.75, 3.05) is 13.1 Å². The second-order valence-corrected chi connectivity index (χ2v) is 4.43. The lowest BCUT2D eigenvalue weighted by Crippen LogP contribution is -2.48. The maximum atomic E-state index is 12.2. The zero-order valence-electron chi connectivity index (χ0n) is 9.66. The molecule has 0 radical (unpaired) electrons. The van der Waals surface area contributed by atoms with Crippen molar-refractivity contribution in [2.45, 2.75) is 25.4 Å². The first-order valence-electron chi connectivity index (χ1n) is 5.42. The van der Waals surface area contributed by atoms with E-state index in [4.69, 9.17) is 5.11 Å². The molecule has 1 rings (SSSR count). The lowest BCUT2D eigenvalue weighted by atomic mass is 9.76. The third kappa shape index (κ3) is 3.24. The van der Waals surface area contributed by atoms with Crippen molar-refractivity contribution < 1.29 is 27.9 Å². The van der Waals surface area contributed by atoms with E-state index in [-0.39, 0.29) is 32.4 Å². The number of nitrogens with zero attached hydrogens (tertiary/aromatic N) is 1. The minimum atomic E-state index is -4.87. The number of aliphatic carboxylic acids is 1. The highest BCUT2D eigenvalue weighted by Gasteiger charge is 2.45. The number of carbonyl (C=O) groups excluding carboxylic acids is 1. The van der Waals surface area contributed by atoms with Crippen LogP contribution < -0.4 is 0 Å². The molecule has 0 aromatic rings. The average Bonchev–Trinajstić information content (AvgIpc) is 2.27. The molecule has 1 heterocycles. The van der Waals surface area contributed by atoms with Crippen LogP contribution in [0.4, 0.5) is 13.2 Å². The van der Waals surface area contributed by atoms with E-state index in [0.29, 0.717) is 4.90 Å². The van der Waals surface area contributed by atoms with Crippen molar-refractivity contribution in [3.8, 4) is 0 Å². The van der Waals surface area contributed by atoms with Gasteiger partial charge in [-0.15, -0.1) is 6.58 Å². The van der Waals surface area contributed by atoms with Crippen LogP contribution in [0.2, 0.25) is 0 Å². The molecule has 1 amide bonds. The zero-order valence-corrected chi connectivity index (χ0v) is 9.66. The molecule has 1 N–H and O–H groups in total. The summed E-state index contributed by atoms with van der Waals surface area (Å²) in [5.41, 5.74) is -0.714. The smallest absolute Gasteiger partial charge is 0.471 e. The van der Waals surface area contributed by atoms with E-state index in [9.17, 15) is 22.8 Å². The summed E-state index contributed by atoms with van der Waals surface area (Å²) in [4.78, 5) is 22.4. The number of halogens is 3. The molecule has 4 nitrogen and oxygen atoms in total. The van der Waals surface area contributed by atoms with Crippen molar-refractivity contribution in [1.29, 1.82) is 0 Å². The van der Waals surface area contributed by atoms with Crippen LogP contribution in [0.25, 0.3) is 0 Å². The van der Waals surface area contributed by atoms with Gasteiger partial charge >= 0.3 is 18.1 Å². The standard InChI is InChI=1S/C11H14F3NO3/c1-2-10(7-8(16)17)3-5-15(6-4-10)9(18)11(12,13)14/h2H,1,3-7H2,(H,16,17). The third-order valence-electron chi connectivity index (χ3n) is 3.23. The van der Waals surface area contributed by atoms with Crippen molar-refractivity contribution in [1.82, 2.24) is 4.90 Å². The maximum Gasteiger partial charge on any atom is 0.471 e. The van der Waals surface area contributed by atoms with Crippen molar-refractivity contribution in [2.24, 2.45) is 5.41 Å². The molecule has 18 heavy (non-hydrogen) atoms. The van der Waals surface area contributed by atoms with E-state index in [1.807, 2.05) is 0 Å². The summed E-state index contributed by atoms with van der Waals surface area (Å²) in [6.45, 7) is 3.34. The molecule has 7 heteroatoms. The summed E-state index contributed by atoms with van der Waals surface area (Å²) in [5, 5.41) is 8.76. The molecule has 0 aromatic heterocycles. The highest BCUT2D eigenvalue weighted by molar-refractivity contribution is 5.82. The summed E-state index contributed by atoms with van der Waals surface area (Å²) in [5.74, 6) is -2.89. The monoisotopic (exact) mass is 265 g/mol. The number of carbonyl (C=O) groups is 2. The Kier molecular flexibility index (Phi) is 4.03. The van der Waals surface area contributed by atoms with Gasteiger partial charge in [-0.05, 0) is 12.8 Å². The van der Waals surface area contributed by atoms with Crippen LogP contribution in [-0.4, -0.2) is 41.1 Å². The molecule has 1 aliphatic heterocycles. The Bertz CT molecular complexity index is 357. The van der Waals surface area contributed by atoms with Gasteiger partial charge in [0, 0.05) is 18.5 Å². The molecule has 1 saturated heterocycles. The number of hydrogen-bond donors (Lipinski definition) is 1. The van der Waals surface area contributed by atoms with Gasteiger partial charge in [0.25, 0.3) is 0 Å². The van der Waals surface area contributed by atoms with Crippen LogP contribution in [0, 0.1) is 5.41 Å². The Labute approximate surface area is 102 Å². The van der Waals surface area contributed by atoms with E-state index >= 15 is 0 Å². The third-order valence-corrected chi connectivity index (χ3v) is 3.23. The molecule has 0 atom stereocenters. The number of hydrogen-bond acceptors (Lipinski definition) is 2. The largest absolute Gasteiger partial charge is 0.481 e. The van der Waals surface area contributed by atoms with Crippen LogP contribution in [-0.2, 0) is 9.59 Å². The van der Waals surface area contributed by atoms with Gasteiger partial charge in [0.05, 0.1) is 6.42 Å². The number of likely N-dealkylation sites (tertiary alicyclic amines) is 1. The summed E-state index contributed by atoms with van der Waals surface area (Å²) >= 11 is 0. The first-order chi connectivity index (χ1) is 8.20. The number of piperidine rings is 1. The SMILES string of the molecule is C=CC1(CC(=O)O)CCN(C(=O)C(F)(F)F)CC1. The van der Waals surface area contributed by atoms with Crippen LogP contribution >= 0.6 is 0 Å². The van der Waals surface area contributed by atoms with E-state index in [1.54, 1.807) is 0 Å². The van der Waals surface area contributed by atoms with Gasteiger partial charge in [-0.3, -0.25) is 9.59 Å². The van der Waals surface area contributed by atoms with E-state index in [2.05, 4.69) is 6.58 Å². The van der Waals surface area contributed by atoms with Crippen molar-refractivity contribution in [3.63, 3.8) is 0 Å². The minimum Gasteiger partial charge on any atom is -0.481 e. The maximum absolute atomic E-state index is 12.2. The Hall–Kier alpha value is -1.53. The number of rotatable bonds is 3. The number of allylic oxidation sites excluding steroid dienone is 1. The predicted molar refractivity (Wildman–Crippen MR) is 56.8 cm³/mol. The van der Waals surface area contributed by atoms with Gasteiger partial charge < -0.3 is 10.0 Å². The quantitative estimate of drug-likeness (QED) is 0.792. The molecule has 0 bridgehead atoms. The highest BCUT2D eigenvalue weighted by atomic mass is 19.4. The minimum absolute atomic E-state index is 0.0996. The Morgan fingerprint density at radius 3 is 2.17 bits per heavy atom. The fraction of sp³-hybridized carbons (Fsp3) is 0.636. The topological polar surface area (TPSA) is 57.6 Å². The number of alkyl halides is 3. The summed E-state index contributed by atoms with van der Waals surface area (Å²) < 4.78 is 36.6. The van der Waals surface area contributed by atoms with Crippen molar-refractivity contribution in [3.05, 3.63) is 12.7 Å². The lowest BCUT2D eigenvalue weighted by Gasteiger charge is -2.39. The van der Waals surface area contributed by atoms with E-state index in [1.165, 1.54) is 6.08 Å². The van der Waals surface area contributed by atoms with Crippen molar-refractivity contribution >= 4 is 11.9 Å². The van der Waals surface area contributed by atoms with Crippen LogP contribution in [0.15, 0.2) is 12.7 Å². The van der Waals surface area contributed by atoms with Gasteiger partial charge in [-0.2, -0.15) is 13.2 Å². The fourth-order valence-corrected chi connectivity index (χ4v) is 2.09. The first kappa shape index (κ1) is 14.5. The second kappa shape index (κ2) is 4.99. The molecule has 102 valence electrons. The average molecular weight is 265 g/mol. The Morgan fingerprint density at radius 2 is 1.83 bits per heavy atom. The molecule has 0 aromatic carbocycles. The number of carboxylic acid groups (broad SMARTS) is 1. The normalized spacial score (nSPS) is 19.4. The van der Waals surface area contributed by atoms with E-state index < -0.39 is 23.5 Å². The van der Waals surface area contributed by atoms with Gasteiger partial charge in [0.2, 0.25) is 0 Å². The number of amides is 1. The van der Waals surface area contributed by atoms with Gasteiger partial charge in [-0.1, -0.05) is 6.08 Å². The van der Waals surface area contributed by atoms with Crippen LogP contribution in [0.1, 0.15) is 19.3 Å². The molecule has 0 saturated carbocycles. The molecule has 1 fully saturated rings.